The minimum absolute atomic E-state index is 0.307. The van der Waals surface area contributed by atoms with Crippen molar-refractivity contribution in [3.63, 3.8) is 0 Å². The van der Waals surface area contributed by atoms with E-state index in [-0.39, 0.29) is 0 Å². The number of benzene rings is 1. The quantitative estimate of drug-likeness (QED) is 0.802. The molecule has 0 fully saturated rings. The Balaban J connectivity index is 2.87. The lowest BCUT2D eigenvalue weighted by molar-refractivity contribution is -0.138. The third kappa shape index (κ3) is 2.47. The number of carbonyl (C=O) groups is 1. The van der Waals surface area contributed by atoms with Crippen LogP contribution in [0.25, 0.3) is 0 Å². The Morgan fingerprint density at radius 2 is 2.29 bits per heavy atom. The van der Waals surface area contributed by atoms with Crippen LogP contribution in [0.1, 0.15) is 11.1 Å². The Kier molecular flexibility index (Phi) is 3.49. The summed E-state index contributed by atoms with van der Waals surface area (Å²) in [6.45, 7) is 1.85. The maximum atomic E-state index is 10.5. The minimum Gasteiger partial charge on any atom is -0.480 e. The highest BCUT2D eigenvalue weighted by Crippen LogP contribution is 2.19. The molecular formula is C10H12ClNO2. The van der Waals surface area contributed by atoms with Gasteiger partial charge in [0.2, 0.25) is 0 Å². The molecule has 0 aliphatic heterocycles. The van der Waals surface area contributed by atoms with Gasteiger partial charge in [0.25, 0.3) is 0 Å². The Morgan fingerprint density at radius 1 is 1.64 bits per heavy atom. The first-order valence-corrected chi connectivity index (χ1v) is 4.62. The second kappa shape index (κ2) is 4.44. The van der Waals surface area contributed by atoms with Gasteiger partial charge in [-0.3, -0.25) is 4.79 Å². The van der Waals surface area contributed by atoms with Gasteiger partial charge < -0.3 is 10.8 Å². The third-order valence-corrected chi connectivity index (χ3v) is 2.55. The van der Waals surface area contributed by atoms with E-state index in [0.717, 1.165) is 11.1 Å². The molecule has 0 aliphatic carbocycles. The molecule has 1 atom stereocenters. The average molecular weight is 214 g/mol. The van der Waals surface area contributed by atoms with Crippen molar-refractivity contribution >= 4 is 17.6 Å². The van der Waals surface area contributed by atoms with E-state index in [1.54, 1.807) is 12.1 Å². The molecule has 0 radical (unpaired) electrons. The molecule has 0 saturated carbocycles. The van der Waals surface area contributed by atoms with Crippen molar-refractivity contribution in [3.05, 3.63) is 34.3 Å². The second-order valence-electron chi connectivity index (χ2n) is 3.17. The molecule has 0 bridgehead atoms. The topological polar surface area (TPSA) is 63.3 Å². The molecule has 1 aromatic carbocycles. The van der Waals surface area contributed by atoms with E-state index in [9.17, 15) is 4.79 Å². The predicted octanol–water partition coefficient (Wildman–Crippen LogP) is 1.60. The van der Waals surface area contributed by atoms with Crippen molar-refractivity contribution in [1.82, 2.24) is 0 Å². The summed E-state index contributed by atoms with van der Waals surface area (Å²) in [5.74, 6) is -0.996. The van der Waals surface area contributed by atoms with Crippen molar-refractivity contribution in [2.75, 3.05) is 0 Å². The van der Waals surface area contributed by atoms with E-state index in [1.807, 2.05) is 13.0 Å². The third-order valence-electron chi connectivity index (χ3n) is 2.14. The minimum atomic E-state index is -0.996. The number of aliphatic carboxylic acids is 1. The predicted molar refractivity (Wildman–Crippen MR) is 55.5 cm³/mol. The van der Waals surface area contributed by atoms with E-state index in [0.29, 0.717) is 11.4 Å². The molecular weight excluding hydrogens is 202 g/mol. The highest BCUT2D eigenvalue weighted by Gasteiger charge is 2.13. The standard InChI is InChI=1S/C10H12ClNO2/c1-6-7(3-2-4-8(6)11)5-9(12)10(13)14/h2-4,9H,5,12H2,1H3,(H,13,14)/t9-/m1/s1. The van der Waals surface area contributed by atoms with E-state index < -0.39 is 12.0 Å². The Hall–Kier alpha value is -1.06. The van der Waals surface area contributed by atoms with Gasteiger partial charge in [-0.1, -0.05) is 23.7 Å². The Labute approximate surface area is 87.5 Å². The lowest BCUT2D eigenvalue weighted by atomic mass is 10.0. The number of nitrogens with two attached hydrogens (primary N) is 1. The molecule has 14 heavy (non-hydrogen) atoms. The zero-order chi connectivity index (χ0) is 10.7. The maximum absolute atomic E-state index is 10.5. The van der Waals surface area contributed by atoms with E-state index in [2.05, 4.69) is 0 Å². The molecule has 0 aliphatic rings. The second-order valence-corrected chi connectivity index (χ2v) is 3.58. The van der Waals surface area contributed by atoms with Gasteiger partial charge in [-0.2, -0.15) is 0 Å². The lowest BCUT2D eigenvalue weighted by Crippen LogP contribution is -2.32. The molecule has 0 heterocycles. The molecule has 1 rings (SSSR count). The van der Waals surface area contributed by atoms with Crippen LogP contribution in [0.4, 0.5) is 0 Å². The Bertz CT molecular complexity index is 352. The van der Waals surface area contributed by atoms with Gasteiger partial charge in [0.05, 0.1) is 0 Å². The fourth-order valence-corrected chi connectivity index (χ4v) is 1.39. The number of carboxylic acids is 1. The SMILES string of the molecule is Cc1c(Cl)cccc1C[C@@H](N)C(=O)O. The van der Waals surface area contributed by atoms with E-state index >= 15 is 0 Å². The van der Waals surface area contributed by atoms with Crippen LogP contribution in [0.2, 0.25) is 5.02 Å². The molecule has 0 amide bonds. The first kappa shape index (κ1) is 11.0. The van der Waals surface area contributed by atoms with Crippen molar-refractivity contribution < 1.29 is 9.90 Å². The van der Waals surface area contributed by atoms with Crippen molar-refractivity contribution in [2.45, 2.75) is 19.4 Å². The van der Waals surface area contributed by atoms with Gasteiger partial charge >= 0.3 is 5.97 Å². The molecule has 76 valence electrons. The summed E-state index contributed by atoms with van der Waals surface area (Å²) >= 11 is 5.89. The molecule has 1 aromatic rings. The molecule has 0 aromatic heterocycles. The summed E-state index contributed by atoms with van der Waals surface area (Å²) in [6.07, 6.45) is 0.307. The van der Waals surface area contributed by atoms with E-state index in [4.69, 9.17) is 22.4 Å². The van der Waals surface area contributed by atoms with E-state index in [1.165, 1.54) is 0 Å². The lowest BCUT2D eigenvalue weighted by Gasteiger charge is -2.09. The van der Waals surface area contributed by atoms with Gasteiger partial charge in [0.1, 0.15) is 6.04 Å². The number of carboxylic acid groups (broad SMARTS) is 1. The highest BCUT2D eigenvalue weighted by molar-refractivity contribution is 6.31. The van der Waals surface area contributed by atoms with Crippen molar-refractivity contribution in [2.24, 2.45) is 5.73 Å². The molecule has 0 saturated heterocycles. The Morgan fingerprint density at radius 3 is 2.86 bits per heavy atom. The summed E-state index contributed by atoms with van der Waals surface area (Å²) < 4.78 is 0. The largest absolute Gasteiger partial charge is 0.480 e. The molecule has 0 spiro atoms. The van der Waals surface area contributed by atoms with Crippen LogP contribution < -0.4 is 5.73 Å². The maximum Gasteiger partial charge on any atom is 0.320 e. The fourth-order valence-electron chi connectivity index (χ4n) is 1.20. The molecule has 0 unspecified atom stereocenters. The first-order valence-electron chi connectivity index (χ1n) is 4.24. The number of rotatable bonds is 3. The number of hydrogen-bond donors (Lipinski definition) is 2. The highest BCUT2D eigenvalue weighted by atomic mass is 35.5. The summed E-state index contributed by atoms with van der Waals surface area (Å²) in [4.78, 5) is 10.5. The van der Waals surface area contributed by atoms with Crippen LogP contribution in [0.5, 0.6) is 0 Å². The van der Waals surface area contributed by atoms with Crippen LogP contribution >= 0.6 is 11.6 Å². The molecule has 3 nitrogen and oxygen atoms in total. The van der Waals surface area contributed by atoms with Gasteiger partial charge in [-0.25, -0.2) is 0 Å². The number of halogens is 1. The smallest absolute Gasteiger partial charge is 0.320 e. The summed E-state index contributed by atoms with van der Waals surface area (Å²) in [6, 6.07) is 4.53. The summed E-state index contributed by atoms with van der Waals surface area (Å²) in [5.41, 5.74) is 7.20. The zero-order valence-corrected chi connectivity index (χ0v) is 8.58. The van der Waals surface area contributed by atoms with Crippen LogP contribution in [0.15, 0.2) is 18.2 Å². The first-order chi connectivity index (χ1) is 6.52. The summed E-state index contributed by atoms with van der Waals surface area (Å²) in [7, 11) is 0. The van der Waals surface area contributed by atoms with Crippen molar-refractivity contribution in [1.29, 1.82) is 0 Å². The van der Waals surface area contributed by atoms with Gasteiger partial charge in [0.15, 0.2) is 0 Å². The molecule has 4 heteroatoms. The van der Waals surface area contributed by atoms with Crippen LogP contribution in [-0.2, 0) is 11.2 Å². The van der Waals surface area contributed by atoms with Crippen molar-refractivity contribution in [3.8, 4) is 0 Å². The normalized spacial score (nSPS) is 12.5. The van der Waals surface area contributed by atoms with Gasteiger partial charge in [0, 0.05) is 5.02 Å². The molecule has 3 N–H and O–H groups in total. The van der Waals surface area contributed by atoms with Crippen LogP contribution in [0, 0.1) is 6.92 Å². The summed E-state index contributed by atoms with van der Waals surface area (Å²) in [5, 5.41) is 9.28. The zero-order valence-electron chi connectivity index (χ0n) is 7.83. The number of hydrogen-bond acceptors (Lipinski definition) is 2. The van der Waals surface area contributed by atoms with Gasteiger partial charge in [-0.15, -0.1) is 0 Å². The average Bonchev–Trinajstić information content (AvgIpc) is 2.12. The van der Waals surface area contributed by atoms with Crippen LogP contribution in [-0.4, -0.2) is 17.1 Å². The van der Waals surface area contributed by atoms with Crippen LogP contribution in [0.3, 0.4) is 0 Å². The van der Waals surface area contributed by atoms with Gasteiger partial charge in [-0.05, 0) is 30.5 Å². The fraction of sp³-hybridized carbons (Fsp3) is 0.300. The monoisotopic (exact) mass is 213 g/mol.